The zero-order valence-electron chi connectivity index (χ0n) is 12.6. The van der Waals surface area contributed by atoms with Gasteiger partial charge in [-0.3, -0.25) is 4.90 Å². The van der Waals surface area contributed by atoms with Crippen molar-refractivity contribution in [3.63, 3.8) is 0 Å². The number of benzene rings is 1. The molecule has 1 aliphatic carbocycles. The van der Waals surface area contributed by atoms with Crippen LogP contribution in [0.15, 0.2) is 24.3 Å². The largest absolute Gasteiger partial charge is 0.330 e. The van der Waals surface area contributed by atoms with Gasteiger partial charge in [-0.2, -0.15) is 0 Å². The first-order chi connectivity index (χ1) is 9.80. The fraction of sp³-hybridized carbons (Fsp3) is 0.667. The smallest absolute Gasteiger partial charge is 0.0233 e. The van der Waals surface area contributed by atoms with Crippen molar-refractivity contribution in [2.24, 2.45) is 11.1 Å². The topological polar surface area (TPSA) is 29.3 Å². The quantitative estimate of drug-likeness (QED) is 0.911. The van der Waals surface area contributed by atoms with Crippen molar-refractivity contribution >= 4 is 0 Å². The average Bonchev–Trinajstić information content (AvgIpc) is 2.93. The lowest BCUT2D eigenvalue weighted by Gasteiger charge is -2.39. The van der Waals surface area contributed by atoms with E-state index in [4.69, 9.17) is 5.73 Å². The van der Waals surface area contributed by atoms with Crippen molar-refractivity contribution in [3.05, 3.63) is 35.4 Å². The molecule has 2 N–H and O–H groups in total. The predicted molar refractivity (Wildman–Crippen MR) is 84.6 cm³/mol. The Labute approximate surface area is 123 Å². The van der Waals surface area contributed by atoms with Crippen molar-refractivity contribution in [1.82, 2.24) is 4.90 Å². The highest BCUT2D eigenvalue weighted by atomic mass is 15.1. The molecule has 1 saturated carbocycles. The van der Waals surface area contributed by atoms with Gasteiger partial charge in [0.1, 0.15) is 0 Å². The number of nitrogens with zero attached hydrogens (tertiary/aromatic N) is 1. The zero-order chi connectivity index (χ0) is 13.8. The van der Waals surface area contributed by atoms with Crippen LogP contribution in [-0.4, -0.2) is 24.5 Å². The lowest BCUT2D eigenvalue weighted by atomic mass is 9.77. The number of hydrogen-bond acceptors (Lipinski definition) is 2. The molecule has 0 amide bonds. The molecular weight excluding hydrogens is 244 g/mol. The monoisotopic (exact) mass is 272 g/mol. The van der Waals surface area contributed by atoms with Crippen molar-refractivity contribution in [2.45, 2.75) is 51.5 Å². The van der Waals surface area contributed by atoms with Crippen LogP contribution < -0.4 is 5.73 Å². The van der Waals surface area contributed by atoms with E-state index in [9.17, 15) is 0 Å². The summed E-state index contributed by atoms with van der Waals surface area (Å²) in [6, 6.07) is 9.05. The summed E-state index contributed by atoms with van der Waals surface area (Å²) in [4.78, 5) is 2.64. The molecule has 0 unspecified atom stereocenters. The first kappa shape index (κ1) is 14.1. The molecule has 20 heavy (non-hydrogen) atoms. The van der Waals surface area contributed by atoms with Gasteiger partial charge in [0.15, 0.2) is 0 Å². The standard InChI is InChI=1S/C18H28N2/c19-12-7-16-3-5-17(6-4-16)15-20-13-10-18(11-14-20)8-1-2-9-18/h3-6H,1-2,7-15,19H2. The van der Waals surface area contributed by atoms with Crippen molar-refractivity contribution < 1.29 is 0 Å². The fourth-order valence-electron chi connectivity index (χ4n) is 4.05. The molecule has 3 rings (SSSR count). The molecule has 2 fully saturated rings. The minimum Gasteiger partial charge on any atom is -0.330 e. The highest BCUT2D eigenvalue weighted by molar-refractivity contribution is 5.22. The maximum absolute atomic E-state index is 5.60. The summed E-state index contributed by atoms with van der Waals surface area (Å²) in [6.45, 7) is 4.46. The summed E-state index contributed by atoms with van der Waals surface area (Å²) in [5, 5.41) is 0. The van der Waals surface area contributed by atoms with E-state index in [0.29, 0.717) is 0 Å². The van der Waals surface area contributed by atoms with Crippen LogP contribution in [0.4, 0.5) is 0 Å². The third kappa shape index (κ3) is 3.24. The highest BCUT2D eigenvalue weighted by Gasteiger charge is 2.36. The maximum atomic E-state index is 5.60. The Bertz CT molecular complexity index is 408. The van der Waals surface area contributed by atoms with Crippen molar-refractivity contribution in [2.75, 3.05) is 19.6 Å². The molecule has 0 radical (unpaired) electrons. The lowest BCUT2D eigenvalue weighted by molar-refractivity contribution is 0.103. The van der Waals surface area contributed by atoms with E-state index in [2.05, 4.69) is 29.2 Å². The fourth-order valence-corrected chi connectivity index (χ4v) is 4.05. The summed E-state index contributed by atoms with van der Waals surface area (Å²) in [5.41, 5.74) is 9.15. The van der Waals surface area contributed by atoms with Gasteiger partial charge >= 0.3 is 0 Å². The molecule has 2 heteroatoms. The zero-order valence-corrected chi connectivity index (χ0v) is 12.6. The molecule has 2 aliphatic rings. The first-order valence-corrected chi connectivity index (χ1v) is 8.30. The second-order valence-corrected chi connectivity index (χ2v) is 6.84. The third-order valence-corrected chi connectivity index (χ3v) is 5.44. The van der Waals surface area contributed by atoms with Crippen LogP contribution in [0, 0.1) is 5.41 Å². The molecule has 1 aromatic carbocycles. The van der Waals surface area contributed by atoms with Crippen molar-refractivity contribution in [1.29, 1.82) is 0 Å². The normalized spacial score (nSPS) is 22.4. The van der Waals surface area contributed by atoms with E-state index >= 15 is 0 Å². The number of piperidine rings is 1. The van der Waals surface area contributed by atoms with Crippen LogP contribution in [0.3, 0.4) is 0 Å². The molecular formula is C18H28N2. The van der Waals surface area contributed by atoms with Gasteiger partial charge in [-0.15, -0.1) is 0 Å². The highest BCUT2D eigenvalue weighted by Crippen LogP contribution is 2.46. The van der Waals surface area contributed by atoms with E-state index in [0.717, 1.165) is 24.9 Å². The second-order valence-electron chi connectivity index (χ2n) is 6.84. The Hall–Kier alpha value is -0.860. The van der Waals surface area contributed by atoms with Gasteiger partial charge in [0.2, 0.25) is 0 Å². The molecule has 1 spiro atoms. The Kier molecular flexibility index (Phi) is 4.42. The first-order valence-electron chi connectivity index (χ1n) is 8.30. The number of likely N-dealkylation sites (tertiary alicyclic amines) is 1. The third-order valence-electron chi connectivity index (χ3n) is 5.44. The summed E-state index contributed by atoms with van der Waals surface area (Å²) in [6.07, 6.45) is 9.79. The van der Waals surface area contributed by atoms with Crippen molar-refractivity contribution in [3.8, 4) is 0 Å². The van der Waals surface area contributed by atoms with Crippen LogP contribution in [-0.2, 0) is 13.0 Å². The van der Waals surface area contributed by atoms with E-state index in [1.807, 2.05) is 0 Å². The van der Waals surface area contributed by atoms with Gasteiger partial charge in [-0.05, 0) is 68.3 Å². The van der Waals surface area contributed by atoms with Gasteiger partial charge < -0.3 is 5.73 Å². The Balaban J connectivity index is 1.51. The maximum Gasteiger partial charge on any atom is 0.0233 e. The molecule has 110 valence electrons. The molecule has 1 heterocycles. The minimum atomic E-state index is 0.738. The summed E-state index contributed by atoms with van der Waals surface area (Å²) in [5.74, 6) is 0. The van der Waals surface area contributed by atoms with Crippen LogP contribution >= 0.6 is 0 Å². The molecule has 2 nitrogen and oxygen atoms in total. The van der Waals surface area contributed by atoms with Crippen LogP contribution in [0.1, 0.15) is 49.7 Å². The SMILES string of the molecule is NCCc1ccc(CN2CCC3(CCCC3)CC2)cc1. The molecule has 1 aromatic rings. The minimum absolute atomic E-state index is 0.738. The Morgan fingerprint density at radius 3 is 2.10 bits per heavy atom. The predicted octanol–water partition coefficient (Wildman–Crippen LogP) is 3.34. The number of nitrogens with two attached hydrogens (primary N) is 1. The number of hydrogen-bond donors (Lipinski definition) is 1. The summed E-state index contributed by atoms with van der Waals surface area (Å²) < 4.78 is 0. The number of rotatable bonds is 4. The lowest BCUT2D eigenvalue weighted by Crippen LogP contribution is -2.38. The van der Waals surface area contributed by atoms with Crippen LogP contribution in [0.25, 0.3) is 0 Å². The van der Waals surface area contributed by atoms with E-state index < -0.39 is 0 Å². The van der Waals surface area contributed by atoms with Crippen LogP contribution in [0.5, 0.6) is 0 Å². The van der Waals surface area contributed by atoms with Gasteiger partial charge in [-0.25, -0.2) is 0 Å². The Morgan fingerprint density at radius 1 is 0.900 bits per heavy atom. The summed E-state index contributed by atoms with van der Waals surface area (Å²) in [7, 11) is 0. The van der Waals surface area contributed by atoms with E-state index in [1.54, 1.807) is 0 Å². The Morgan fingerprint density at radius 2 is 1.50 bits per heavy atom. The van der Waals surface area contributed by atoms with E-state index in [-0.39, 0.29) is 0 Å². The van der Waals surface area contributed by atoms with E-state index in [1.165, 1.54) is 62.7 Å². The van der Waals surface area contributed by atoms with Crippen LogP contribution in [0.2, 0.25) is 0 Å². The second kappa shape index (κ2) is 6.28. The average molecular weight is 272 g/mol. The molecule has 0 atom stereocenters. The molecule has 0 aromatic heterocycles. The summed E-state index contributed by atoms with van der Waals surface area (Å²) >= 11 is 0. The van der Waals surface area contributed by atoms with Gasteiger partial charge in [0, 0.05) is 6.54 Å². The molecule has 1 saturated heterocycles. The van der Waals surface area contributed by atoms with Gasteiger partial charge in [-0.1, -0.05) is 37.1 Å². The van der Waals surface area contributed by atoms with Gasteiger partial charge in [0.05, 0.1) is 0 Å². The molecule has 1 aliphatic heterocycles. The molecule has 0 bridgehead atoms. The van der Waals surface area contributed by atoms with Gasteiger partial charge in [0.25, 0.3) is 0 Å².